The number of aliphatic carboxylic acids is 1. The van der Waals surface area contributed by atoms with Gasteiger partial charge in [0.2, 0.25) is 5.91 Å². The van der Waals surface area contributed by atoms with E-state index in [-0.39, 0.29) is 11.8 Å². The summed E-state index contributed by atoms with van der Waals surface area (Å²) in [5, 5.41) is 10.7. The number of hydrogen-bond acceptors (Lipinski definition) is 5. The lowest BCUT2D eigenvalue weighted by atomic mass is 10.1. The molecule has 0 spiro atoms. The van der Waals surface area contributed by atoms with Crippen LogP contribution >= 0.6 is 37.0 Å². The average molecular weight is 279 g/mol. The predicted molar refractivity (Wildman–Crippen MR) is 71.1 cm³/mol. The summed E-state index contributed by atoms with van der Waals surface area (Å²) >= 11 is 9.54. The van der Waals surface area contributed by atoms with Gasteiger partial charge < -0.3 is 10.0 Å². The molecule has 0 aromatic carbocycles. The van der Waals surface area contributed by atoms with Crippen LogP contribution in [0, 0.1) is 5.92 Å². The summed E-state index contributed by atoms with van der Waals surface area (Å²) in [5.41, 5.74) is 0. The highest BCUT2D eigenvalue weighted by Crippen LogP contribution is 2.21. The van der Waals surface area contributed by atoms with Crippen molar-refractivity contribution in [2.45, 2.75) is 6.04 Å². The number of carboxylic acids is 1. The first kappa shape index (κ1) is 13.8. The van der Waals surface area contributed by atoms with Gasteiger partial charge in [0.25, 0.3) is 0 Å². The maximum Gasteiger partial charge on any atom is 0.330 e. The Kier molecular flexibility index (Phi) is 5.57. The SMILES string of the molecule is O=C(O)C1C=CSCN1C(=O)C(CS)CS. The molecule has 4 nitrogen and oxygen atoms in total. The second-order valence-corrected chi connectivity index (χ2v) is 4.87. The van der Waals surface area contributed by atoms with E-state index >= 15 is 0 Å². The van der Waals surface area contributed by atoms with Crippen molar-refractivity contribution in [3.05, 3.63) is 11.5 Å². The summed E-state index contributed by atoms with van der Waals surface area (Å²) in [6, 6.07) is -0.865. The normalized spacial score (nSPS) is 20.2. The Morgan fingerprint density at radius 1 is 1.50 bits per heavy atom. The summed E-state index contributed by atoms with van der Waals surface area (Å²) < 4.78 is 0. The van der Waals surface area contributed by atoms with Crippen molar-refractivity contribution in [3.63, 3.8) is 0 Å². The van der Waals surface area contributed by atoms with Crippen LogP contribution < -0.4 is 0 Å². The highest BCUT2D eigenvalue weighted by atomic mass is 32.2. The third-order valence-electron chi connectivity index (χ3n) is 2.23. The van der Waals surface area contributed by atoms with Gasteiger partial charge in [0.1, 0.15) is 6.04 Å². The summed E-state index contributed by atoms with van der Waals surface area (Å²) in [6.07, 6.45) is 1.52. The van der Waals surface area contributed by atoms with E-state index in [1.165, 1.54) is 22.7 Å². The molecule has 1 unspecified atom stereocenters. The van der Waals surface area contributed by atoms with Crippen molar-refractivity contribution in [1.29, 1.82) is 0 Å². The highest BCUT2D eigenvalue weighted by molar-refractivity contribution is 8.02. The van der Waals surface area contributed by atoms with Crippen molar-refractivity contribution in [2.24, 2.45) is 5.92 Å². The van der Waals surface area contributed by atoms with Gasteiger partial charge in [-0.3, -0.25) is 4.79 Å². The Labute approximate surface area is 109 Å². The molecule has 1 aliphatic rings. The van der Waals surface area contributed by atoms with Gasteiger partial charge in [-0.25, -0.2) is 4.79 Å². The van der Waals surface area contributed by atoms with Crippen LogP contribution in [0.4, 0.5) is 0 Å². The molecule has 7 heteroatoms. The number of thiol groups is 2. The Morgan fingerprint density at radius 3 is 2.62 bits per heavy atom. The average Bonchev–Trinajstić information content (AvgIpc) is 2.30. The third kappa shape index (κ3) is 3.11. The Morgan fingerprint density at radius 2 is 2.12 bits per heavy atom. The van der Waals surface area contributed by atoms with Crippen LogP contribution in [0.3, 0.4) is 0 Å². The number of carbonyl (C=O) groups excluding carboxylic acids is 1. The van der Waals surface area contributed by atoms with E-state index in [4.69, 9.17) is 5.11 Å². The second-order valence-electron chi connectivity index (χ2n) is 3.28. The second kappa shape index (κ2) is 6.46. The van der Waals surface area contributed by atoms with Gasteiger partial charge in [-0.1, -0.05) is 0 Å². The van der Waals surface area contributed by atoms with Crippen molar-refractivity contribution in [3.8, 4) is 0 Å². The number of amides is 1. The van der Waals surface area contributed by atoms with E-state index in [0.717, 1.165) is 0 Å². The molecule has 0 radical (unpaired) electrons. The topological polar surface area (TPSA) is 57.6 Å². The summed E-state index contributed by atoms with van der Waals surface area (Å²) in [7, 11) is 0. The molecule has 1 heterocycles. The quantitative estimate of drug-likeness (QED) is 0.671. The van der Waals surface area contributed by atoms with Gasteiger partial charge >= 0.3 is 5.97 Å². The number of rotatable bonds is 4. The maximum atomic E-state index is 12.0. The van der Waals surface area contributed by atoms with Gasteiger partial charge in [-0.15, -0.1) is 11.8 Å². The van der Waals surface area contributed by atoms with E-state index in [1.807, 2.05) is 0 Å². The summed E-state index contributed by atoms with van der Waals surface area (Å²) in [5.74, 6) is -0.430. The van der Waals surface area contributed by atoms with Gasteiger partial charge in [-0.05, 0) is 11.5 Å². The molecule has 0 fully saturated rings. The maximum absolute atomic E-state index is 12.0. The lowest BCUT2D eigenvalue weighted by molar-refractivity contribution is -0.148. The first-order valence-corrected chi connectivity index (χ1v) is 6.96. The van der Waals surface area contributed by atoms with Crippen molar-refractivity contribution in [2.75, 3.05) is 17.4 Å². The van der Waals surface area contributed by atoms with Gasteiger partial charge in [0, 0.05) is 11.5 Å². The zero-order chi connectivity index (χ0) is 12.1. The van der Waals surface area contributed by atoms with Gasteiger partial charge in [0.05, 0.1) is 11.8 Å². The van der Waals surface area contributed by atoms with E-state index < -0.39 is 12.0 Å². The molecule has 90 valence electrons. The number of carbonyl (C=O) groups is 2. The van der Waals surface area contributed by atoms with E-state index in [9.17, 15) is 9.59 Å². The van der Waals surface area contributed by atoms with Crippen molar-refractivity contribution >= 4 is 48.9 Å². The van der Waals surface area contributed by atoms with Gasteiger partial charge in [-0.2, -0.15) is 25.3 Å². The van der Waals surface area contributed by atoms with Crippen LogP contribution in [-0.2, 0) is 9.59 Å². The third-order valence-corrected chi connectivity index (χ3v) is 3.89. The smallest absolute Gasteiger partial charge is 0.330 e. The molecule has 0 saturated heterocycles. The largest absolute Gasteiger partial charge is 0.479 e. The molecule has 1 N–H and O–H groups in total. The molecule has 1 amide bonds. The standard InChI is InChI=1S/C9H13NO3S3/c11-8(6(3-14)4-15)10-5-16-2-1-7(10)9(12)13/h1-2,6-7,14-15H,3-5H2,(H,12,13). The molecule has 0 aromatic heterocycles. The molecule has 16 heavy (non-hydrogen) atoms. The molecule has 1 atom stereocenters. The summed E-state index contributed by atoms with van der Waals surface area (Å²) in [6.45, 7) is 0. The molecular formula is C9H13NO3S3. The number of hydrogen-bond donors (Lipinski definition) is 3. The number of nitrogens with zero attached hydrogens (tertiary/aromatic N) is 1. The zero-order valence-corrected chi connectivity index (χ0v) is 11.0. The first-order chi connectivity index (χ1) is 7.61. The monoisotopic (exact) mass is 279 g/mol. The fourth-order valence-electron chi connectivity index (χ4n) is 1.30. The Balaban J connectivity index is 2.80. The molecule has 1 rings (SSSR count). The lowest BCUT2D eigenvalue weighted by Crippen LogP contribution is -2.48. The molecule has 1 aliphatic heterocycles. The molecule has 0 saturated carbocycles. The Bertz CT molecular complexity index is 304. The minimum atomic E-state index is -1.01. The molecule has 0 aromatic rings. The minimum absolute atomic E-state index is 0.200. The fourth-order valence-corrected chi connectivity index (χ4v) is 2.87. The zero-order valence-electron chi connectivity index (χ0n) is 8.44. The van der Waals surface area contributed by atoms with Crippen LogP contribution in [0.1, 0.15) is 0 Å². The fraction of sp³-hybridized carbons (Fsp3) is 0.556. The van der Waals surface area contributed by atoms with Crippen molar-refractivity contribution in [1.82, 2.24) is 4.90 Å². The number of thioether (sulfide) groups is 1. The van der Waals surface area contributed by atoms with Crippen LogP contribution in [0.2, 0.25) is 0 Å². The molecule has 0 aliphatic carbocycles. The summed E-state index contributed by atoms with van der Waals surface area (Å²) in [4.78, 5) is 24.3. The minimum Gasteiger partial charge on any atom is -0.479 e. The Hall–Kier alpha value is -0.270. The van der Waals surface area contributed by atoms with Crippen LogP contribution in [-0.4, -0.2) is 45.3 Å². The number of carboxylic acid groups (broad SMARTS) is 1. The predicted octanol–water partition coefficient (Wildman–Crippen LogP) is 0.962. The van der Waals surface area contributed by atoms with E-state index in [2.05, 4.69) is 25.3 Å². The lowest BCUT2D eigenvalue weighted by Gasteiger charge is -2.31. The van der Waals surface area contributed by atoms with Gasteiger partial charge in [0.15, 0.2) is 0 Å². The van der Waals surface area contributed by atoms with Crippen molar-refractivity contribution < 1.29 is 14.7 Å². The van der Waals surface area contributed by atoms with E-state index in [1.54, 1.807) is 5.41 Å². The molecular weight excluding hydrogens is 266 g/mol. The highest BCUT2D eigenvalue weighted by Gasteiger charge is 2.32. The van der Waals surface area contributed by atoms with Crippen LogP contribution in [0.25, 0.3) is 0 Å². The first-order valence-electron chi connectivity index (χ1n) is 4.65. The van der Waals surface area contributed by atoms with Crippen LogP contribution in [0.5, 0.6) is 0 Å². The van der Waals surface area contributed by atoms with E-state index in [0.29, 0.717) is 17.4 Å². The van der Waals surface area contributed by atoms with Crippen LogP contribution in [0.15, 0.2) is 11.5 Å². The molecule has 0 bridgehead atoms.